The Labute approximate surface area is 130 Å². The molecule has 5 heteroatoms. The first kappa shape index (κ1) is 17.0. The van der Waals surface area contributed by atoms with E-state index in [9.17, 15) is 8.78 Å². The van der Waals surface area contributed by atoms with Crippen molar-refractivity contribution in [3.05, 3.63) is 23.8 Å². The summed E-state index contributed by atoms with van der Waals surface area (Å²) in [4.78, 5) is 0. The van der Waals surface area contributed by atoms with E-state index in [0.29, 0.717) is 19.3 Å². The summed E-state index contributed by atoms with van der Waals surface area (Å²) in [5.74, 6) is -1.93. The Hall–Kier alpha value is -1.36. The van der Waals surface area contributed by atoms with Gasteiger partial charge in [0, 0.05) is 5.92 Å². The summed E-state index contributed by atoms with van der Waals surface area (Å²) >= 11 is 0. The van der Waals surface area contributed by atoms with E-state index in [1.807, 2.05) is 0 Å². The summed E-state index contributed by atoms with van der Waals surface area (Å²) in [7, 11) is 0. The van der Waals surface area contributed by atoms with Crippen LogP contribution in [0.4, 0.5) is 8.78 Å². The van der Waals surface area contributed by atoms with Gasteiger partial charge in [-0.05, 0) is 38.3 Å². The van der Waals surface area contributed by atoms with E-state index in [2.05, 4.69) is 6.92 Å². The van der Waals surface area contributed by atoms with Gasteiger partial charge in [-0.25, -0.2) is 0 Å². The molecule has 3 nitrogen and oxygen atoms in total. The topological polar surface area (TPSA) is 27.7 Å². The van der Waals surface area contributed by atoms with E-state index >= 15 is 0 Å². The number of benzene rings is 1. The van der Waals surface area contributed by atoms with Crippen molar-refractivity contribution in [2.24, 2.45) is 5.92 Å². The fourth-order valence-electron chi connectivity index (χ4n) is 2.64. The molecule has 1 fully saturated rings. The van der Waals surface area contributed by atoms with Crippen molar-refractivity contribution in [1.82, 2.24) is 0 Å². The summed E-state index contributed by atoms with van der Waals surface area (Å²) in [5.41, 5.74) is 0. The van der Waals surface area contributed by atoms with Crippen LogP contribution in [0, 0.1) is 17.6 Å². The first-order chi connectivity index (χ1) is 10.7. The lowest BCUT2D eigenvalue weighted by atomic mass is 9.97. The fraction of sp³-hybridized carbons (Fsp3) is 0.647. The largest absolute Gasteiger partial charge is 0.491 e. The molecule has 0 spiro atoms. The van der Waals surface area contributed by atoms with Crippen molar-refractivity contribution in [1.29, 1.82) is 0 Å². The van der Waals surface area contributed by atoms with Gasteiger partial charge in [-0.1, -0.05) is 13.3 Å². The summed E-state index contributed by atoms with van der Waals surface area (Å²) in [5, 5.41) is 0. The standard InChI is InChI=1S/C17H24F2O3/c1-3-5-13-7-6-12(10-21-13)11-22-15-9-8-14(20-4-2)16(18)17(15)19/h8-9,12-13H,3-7,10-11H2,1-2H3/t12-,13-/m0/s1. The van der Waals surface area contributed by atoms with E-state index in [-0.39, 0.29) is 24.0 Å². The Morgan fingerprint density at radius 1 is 1.09 bits per heavy atom. The minimum atomic E-state index is -0.998. The normalized spacial score (nSPS) is 21.6. The van der Waals surface area contributed by atoms with E-state index < -0.39 is 11.6 Å². The predicted octanol–water partition coefficient (Wildman–Crippen LogP) is 4.34. The molecule has 1 aromatic rings. The summed E-state index contributed by atoms with van der Waals surface area (Å²) in [6.45, 7) is 5.10. The first-order valence-electron chi connectivity index (χ1n) is 8.00. The van der Waals surface area contributed by atoms with Crippen LogP contribution < -0.4 is 9.47 Å². The maximum atomic E-state index is 13.9. The van der Waals surface area contributed by atoms with Gasteiger partial charge in [0.1, 0.15) is 0 Å². The van der Waals surface area contributed by atoms with E-state index in [1.54, 1.807) is 6.92 Å². The van der Waals surface area contributed by atoms with Gasteiger partial charge in [0.25, 0.3) is 0 Å². The molecule has 0 radical (unpaired) electrons. The Kier molecular flexibility index (Phi) is 6.43. The zero-order valence-corrected chi connectivity index (χ0v) is 13.2. The van der Waals surface area contributed by atoms with Gasteiger partial charge >= 0.3 is 0 Å². The van der Waals surface area contributed by atoms with Crippen LogP contribution in [0.15, 0.2) is 12.1 Å². The molecule has 2 rings (SSSR count). The molecule has 22 heavy (non-hydrogen) atoms. The lowest BCUT2D eigenvalue weighted by Gasteiger charge is -2.28. The molecule has 0 aliphatic carbocycles. The molecule has 2 atom stereocenters. The monoisotopic (exact) mass is 314 g/mol. The smallest absolute Gasteiger partial charge is 0.204 e. The molecular formula is C17H24F2O3. The summed E-state index contributed by atoms with van der Waals surface area (Å²) in [6, 6.07) is 2.80. The van der Waals surface area contributed by atoms with Gasteiger partial charge in [0.15, 0.2) is 11.5 Å². The molecule has 0 amide bonds. The van der Waals surface area contributed by atoms with Crippen molar-refractivity contribution in [3.8, 4) is 11.5 Å². The number of ether oxygens (including phenoxy) is 3. The Morgan fingerprint density at radius 2 is 1.77 bits per heavy atom. The molecule has 1 aliphatic rings. The Morgan fingerprint density at radius 3 is 2.32 bits per heavy atom. The van der Waals surface area contributed by atoms with E-state index in [1.165, 1.54) is 12.1 Å². The number of hydrogen-bond donors (Lipinski definition) is 0. The van der Waals surface area contributed by atoms with Gasteiger partial charge < -0.3 is 14.2 Å². The minimum absolute atomic E-state index is 0.0726. The Balaban J connectivity index is 1.86. The molecule has 0 saturated carbocycles. The van der Waals surface area contributed by atoms with Crippen LogP contribution >= 0.6 is 0 Å². The number of halogens is 2. The van der Waals surface area contributed by atoms with Crippen molar-refractivity contribution < 1.29 is 23.0 Å². The number of hydrogen-bond acceptors (Lipinski definition) is 3. The van der Waals surface area contributed by atoms with Crippen LogP contribution in [0.2, 0.25) is 0 Å². The second-order valence-electron chi connectivity index (χ2n) is 5.62. The van der Waals surface area contributed by atoms with Crippen LogP contribution in [-0.2, 0) is 4.74 Å². The van der Waals surface area contributed by atoms with Gasteiger partial charge in [0.2, 0.25) is 11.6 Å². The van der Waals surface area contributed by atoms with Gasteiger partial charge in [0.05, 0.1) is 25.9 Å². The molecule has 1 aliphatic heterocycles. The lowest BCUT2D eigenvalue weighted by molar-refractivity contribution is -0.0310. The predicted molar refractivity (Wildman–Crippen MR) is 80.4 cm³/mol. The molecule has 0 N–H and O–H groups in total. The molecule has 0 unspecified atom stereocenters. The quantitative estimate of drug-likeness (QED) is 0.749. The summed E-state index contributed by atoms with van der Waals surface area (Å²) < 4.78 is 43.8. The van der Waals surface area contributed by atoms with Crippen molar-refractivity contribution in [2.45, 2.75) is 45.6 Å². The molecule has 1 saturated heterocycles. The van der Waals surface area contributed by atoms with Crippen LogP contribution in [0.3, 0.4) is 0 Å². The van der Waals surface area contributed by atoms with Crippen molar-refractivity contribution in [3.63, 3.8) is 0 Å². The molecule has 0 bridgehead atoms. The highest BCUT2D eigenvalue weighted by atomic mass is 19.2. The van der Waals surface area contributed by atoms with Gasteiger partial charge in [-0.15, -0.1) is 0 Å². The minimum Gasteiger partial charge on any atom is -0.491 e. The van der Waals surface area contributed by atoms with Crippen LogP contribution in [0.25, 0.3) is 0 Å². The molecule has 0 aromatic heterocycles. The third-order valence-corrected chi connectivity index (χ3v) is 3.86. The van der Waals surface area contributed by atoms with Crippen LogP contribution in [-0.4, -0.2) is 25.9 Å². The van der Waals surface area contributed by atoms with Crippen molar-refractivity contribution >= 4 is 0 Å². The maximum Gasteiger partial charge on any atom is 0.204 e. The average Bonchev–Trinajstić information content (AvgIpc) is 2.53. The van der Waals surface area contributed by atoms with Gasteiger partial charge in [-0.3, -0.25) is 0 Å². The number of rotatable bonds is 7. The lowest BCUT2D eigenvalue weighted by Crippen LogP contribution is -2.29. The zero-order valence-electron chi connectivity index (χ0n) is 13.2. The highest BCUT2D eigenvalue weighted by Gasteiger charge is 2.23. The highest BCUT2D eigenvalue weighted by molar-refractivity contribution is 5.35. The average molecular weight is 314 g/mol. The third kappa shape index (κ3) is 4.32. The van der Waals surface area contributed by atoms with E-state index in [0.717, 1.165) is 25.7 Å². The van der Waals surface area contributed by atoms with Crippen molar-refractivity contribution in [2.75, 3.05) is 19.8 Å². The molecule has 124 valence electrons. The SMILES string of the molecule is CCC[C@H]1CC[C@H](COc2ccc(OCC)c(F)c2F)CO1. The zero-order chi connectivity index (χ0) is 15.9. The second-order valence-corrected chi connectivity index (χ2v) is 5.62. The molecular weight excluding hydrogens is 290 g/mol. The van der Waals surface area contributed by atoms with Crippen LogP contribution in [0.1, 0.15) is 39.5 Å². The second kappa shape index (κ2) is 8.32. The first-order valence-corrected chi connectivity index (χ1v) is 8.00. The molecule has 1 aromatic carbocycles. The van der Waals surface area contributed by atoms with Crippen LogP contribution in [0.5, 0.6) is 11.5 Å². The maximum absolute atomic E-state index is 13.9. The Bertz CT molecular complexity index is 471. The fourth-order valence-corrected chi connectivity index (χ4v) is 2.64. The highest BCUT2D eigenvalue weighted by Crippen LogP contribution is 2.29. The molecule has 1 heterocycles. The third-order valence-electron chi connectivity index (χ3n) is 3.86. The van der Waals surface area contributed by atoms with Gasteiger partial charge in [-0.2, -0.15) is 8.78 Å². The van der Waals surface area contributed by atoms with E-state index in [4.69, 9.17) is 14.2 Å². The summed E-state index contributed by atoms with van der Waals surface area (Å²) in [6.07, 6.45) is 4.52.